The molecule has 0 heterocycles. The number of nitrogens with one attached hydrogen (secondary N) is 1. The van der Waals surface area contributed by atoms with Gasteiger partial charge in [0, 0.05) is 6.54 Å². The average Bonchev–Trinajstić information content (AvgIpc) is 2.43. The molecular weight excluding hydrogens is 276 g/mol. The monoisotopic (exact) mass is 296 g/mol. The Morgan fingerprint density at radius 1 is 1.40 bits per heavy atom. The van der Waals surface area contributed by atoms with E-state index < -0.39 is 10.0 Å². The SMILES string of the molecule is C#C[C@@](C)(CC)NCCOc1ccc(S(N)(=O)=O)cc1. The minimum atomic E-state index is -3.66. The minimum Gasteiger partial charge on any atom is -0.492 e. The number of hydrogen-bond acceptors (Lipinski definition) is 4. The van der Waals surface area contributed by atoms with Crippen LogP contribution in [0.1, 0.15) is 20.3 Å². The first-order valence-electron chi connectivity index (χ1n) is 6.29. The van der Waals surface area contributed by atoms with Crippen molar-refractivity contribution in [3.63, 3.8) is 0 Å². The fraction of sp³-hybridized carbons (Fsp3) is 0.429. The van der Waals surface area contributed by atoms with E-state index in [4.69, 9.17) is 16.3 Å². The van der Waals surface area contributed by atoms with Crippen LogP contribution in [-0.2, 0) is 10.0 Å². The Hall–Kier alpha value is -1.55. The third-order valence-corrected chi connectivity index (χ3v) is 3.99. The van der Waals surface area contributed by atoms with Crippen molar-refractivity contribution in [2.45, 2.75) is 30.7 Å². The molecule has 1 aromatic carbocycles. The zero-order valence-corrected chi connectivity index (χ0v) is 12.5. The van der Waals surface area contributed by atoms with E-state index in [1.54, 1.807) is 12.1 Å². The maximum atomic E-state index is 11.1. The van der Waals surface area contributed by atoms with Crippen molar-refractivity contribution < 1.29 is 13.2 Å². The molecule has 0 aliphatic rings. The lowest BCUT2D eigenvalue weighted by Crippen LogP contribution is -2.42. The number of ether oxygens (including phenoxy) is 1. The number of sulfonamides is 1. The summed E-state index contributed by atoms with van der Waals surface area (Å²) in [4.78, 5) is 0.0638. The van der Waals surface area contributed by atoms with Gasteiger partial charge in [-0.15, -0.1) is 6.42 Å². The summed E-state index contributed by atoms with van der Waals surface area (Å²) in [5.41, 5.74) is -0.332. The van der Waals surface area contributed by atoms with E-state index in [9.17, 15) is 8.42 Å². The Bertz CT molecular complexity index is 575. The van der Waals surface area contributed by atoms with Gasteiger partial charge in [-0.2, -0.15) is 0 Å². The van der Waals surface area contributed by atoms with Crippen LogP contribution in [0, 0.1) is 12.3 Å². The molecule has 1 rings (SSSR count). The number of primary sulfonamides is 1. The van der Waals surface area contributed by atoms with Gasteiger partial charge in [0.05, 0.1) is 10.4 Å². The van der Waals surface area contributed by atoms with Gasteiger partial charge >= 0.3 is 0 Å². The van der Waals surface area contributed by atoms with Crippen molar-refractivity contribution in [3.8, 4) is 18.1 Å². The molecule has 0 spiro atoms. The topological polar surface area (TPSA) is 81.4 Å². The Labute approximate surface area is 120 Å². The molecule has 0 fully saturated rings. The predicted octanol–water partition coefficient (Wildman–Crippen LogP) is 1.10. The second kappa shape index (κ2) is 6.75. The van der Waals surface area contributed by atoms with Crippen LogP contribution < -0.4 is 15.2 Å². The van der Waals surface area contributed by atoms with Crippen molar-refractivity contribution in [3.05, 3.63) is 24.3 Å². The van der Waals surface area contributed by atoms with E-state index in [1.807, 2.05) is 13.8 Å². The van der Waals surface area contributed by atoms with Crippen LogP contribution in [0.5, 0.6) is 5.75 Å². The van der Waals surface area contributed by atoms with Gasteiger partial charge in [-0.25, -0.2) is 13.6 Å². The van der Waals surface area contributed by atoms with Gasteiger partial charge in [0.25, 0.3) is 0 Å². The second-order valence-corrected chi connectivity index (χ2v) is 6.18. The van der Waals surface area contributed by atoms with E-state index in [-0.39, 0.29) is 10.4 Å². The molecule has 3 N–H and O–H groups in total. The first kappa shape index (κ1) is 16.5. The molecule has 0 aromatic heterocycles. The van der Waals surface area contributed by atoms with Gasteiger partial charge < -0.3 is 4.74 Å². The number of benzene rings is 1. The summed E-state index contributed by atoms with van der Waals surface area (Å²) < 4.78 is 27.7. The predicted molar refractivity (Wildman–Crippen MR) is 78.8 cm³/mol. The van der Waals surface area contributed by atoms with Crippen LogP contribution >= 0.6 is 0 Å². The molecule has 0 unspecified atom stereocenters. The molecule has 110 valence electrons. The molecule has 5 nitrogen and oxygen atoms in total. The Balaban J connectivity index is 2.46. The summed E-state index contributed by atoms with van der Waals surface area (Å²) in [6.07, 6.45) is 6.27. The van der Waals surface area contributed by atoms with Gasteiger partial charge in [0.2, 0.25) is 10.0 Å². The Morgan fingerprint density at radius 3 is 2.45 bits per heavy atom. The van der Waals surface area contributed by atoms with Gasteiger partial charge in [-0.05, 0) is 37.6 Å². The van der Waals surface area contributed by atoms with Crippen LogP contribution in [0.2, 0.25) is 0 Å². The van der Waals surface area contributed by atoms with Crippen LogP contribution in [0.15, 0.2) is 29.2 Å². The summed E-state index contributed by atoms with van der Waals surface area (Å²) in [6.45, 7) is 5.01. The van der Waals surface area contributed by atoms with E-state index in [0.29, 0.717) is 18.9 Å². The smallest absolute Gasteiger partial charge is 0.238 e. The van der Waals surface area contributed by atoms with Gasteiger partial charge in [0.15, 0.2) is 0 Å². The zero-order valence-electron chi connectivity index (χ0n) is 11.7. The first-order chi connectivity index (χ1) is 9.30. The van der Waals surface area contributed by atoms with Crippen LogP contribution in [0.4, 0.5) is 0 Å². The Morgan fingerprint density at radius 2 is 2.00 bits per heavy atom. The zero-order chi connectivity index (χ0) is 15.2. The maximum Gasteiger partial charge on any atom is 0.238 e. The quantitative estimate of drug-likeness (QED) is 0.583. The highest BCUT2D eigenvalue weighted by Crippen LogP contribution is 2.14. The minimum absolute atomic E-state index is 0.0638. The molecular formula is C14H20N2O3S. The summed E-state index contributed by atoms with van der Waals surface area (Å²) in [7, 11) is -3.66. The highest BCUT2D eigenvalue weighted by Gasteiger charge is 2.16. The molecule has 0 radical (unpaired) electrons. The average molecular weight is 296 g/mol. The standard InChI is InChI=1S/C14H20N2O3S/c1-4-14(3,5-2)16-10-11-19-12-6-8-13(9-7-12)20(15,17)18/h1,6-9,16H,5,10-11H2,2-3H3,(H2,15,17,18)/t14-/m0/s1. The van der Waals surface area contributed by atoms with Crippen molar-refractivity contribution in [2.24, 2.45) is 5.14 Å². The number of rotatable bonds is 7. The lowest BCUT2D eigenvalue weighted by molar-refractivity contribution is 0.294. The number of hydrogen-bond donors (Lipinski definition) is 2. The van der Waals surface area contributed by atoms with E-state index >= 15 is 0 Å². The fourth-order valence-corrected chi connectivity index (χ4v) is 2.01. The number of terminal acetylenes is 1. The lowest BCUT2D eigenvalue weighted by atomic mass is 10.0. The van der Waals surface area contributed by atoms with Crippen LogP contribution in [0.3, 0.4) is 0 Å². The highest BCUT2D eigenvalue weighted by molar-refractivity contribution is 7.89. The summed E-state index contributed by atoms with van der Waals surface area (Å²) in [5.74, 6) is 3.29. The molecule has 0 amide bonds. The van der Waals surface area contributed by atoms with Crippen LogP contribution in [0.25, 0.3) is 0 Å². The summed E-state index contributed by atoms with van der Waals surface area (Å²) >= 11 is 0. The maximum absolute atomic E-state index is 11.1. The molecule has 0 saturated heterocycles. The van der Waals surface area contributed by atoms with E-state index in [0.717, 1.165) is 6.42 Å². The molecule has 1 atom stereocenters. The molecule has 1 aromatic rings. The summed E-state index contributed by atoms with van der Waals surface area (Å²) in [5, 5.41) is 8.23. The molecule has 0 saturated carbocycles. The molecule has 0 aliphatic carbocycles. The lowest BCUT2D eigenvalue weighted by Gasteiger charge is -2.23. The highest BCUT2D eigenvalue weighted by atomic mass is 32.2. The van der Waals surface area contributed by atoms with E-state index in [1.165, 1.54) is 12.1 Å². The van der Waals surface area contributed by atoms with Gasteiger partial charge in [-0.3, -0.25) is 5.32 Å². The summed E-state index contributed by atoms with van der Waals surface area (Å²) in [6, 6.07) is 5.96. The van der Waals surface area contributed by atoms with Crippen molar-refractivity contribution in [2.75, 3.05) is 13.2 Å². The third kappa shape index (κ3) is 4.85. The van der Waals surface area contributed by atoms with Gasteiger partial charge in [0.1, 0.15) is 12.4 Å². The molecule has 0 bridgehead atoms. The van der Waals surface area contributed by atoms with Crippen LogP contribution in [-0.4, -0.2) is 27.1 Å². The molecule has 20 heavy (non-hydrogen) atoms. The van der Waals surface area contributed by atoms with Crippen molar-refractivity contribution in [1.82, 2.24) is 5.32 Å². The van der Waals surface area contributed by atoms with Gasteiger partial charge in [-0.1, -0.05) is 12.8 Å². The second-order valence-electron chi connectivity index (χ2n) is 4.62. The number of nitrogens with two attached hydrogens (primary N) is 1. The fourth-order valence-electron chi connectivity index (χ4n) is 1.50. The normalized spacial score (nSPS) is 14.3. The van der Waals surface area contributed by atoms with Crippen molar-refractivity contribution in [1.29, 1.82) is 0 Å². The third-order valence-electron chi connectivity index (χ3n) is 3.06. The first-order valence-corrected chi connectivity index (χ1v) is 7.84. The largest absolute Gasteiger partial charge is 0.492 e. The molecule has 6 heteroatoms. The molecule has 0 aliphatic heterocycles. The van der Waals surface area contributed by atoms with E-state index in [2.05, 4.69) is 11.2 Å². The Kier molecular flexibility index (Phi) is 5.57. The van der Waals surface area contributed by atoms with Crippen molar-refractivity contribution >= 4 is 10.0 Å².